The minimum atomic E-state index is -6.05. The molecule has 2 amide bonds. The first-order chi connectivity index (χ1) is 30.2. The van der Waals surface area contributed by atoms with Crippen molar-refractivity contribution in [3.05, 3.63) is 125 Å². The number of ether oxygens (including phenoxy) is 2. The number of para-hydroxylation sites is 1. The third-order valence-corrected chi connectivity index (χ3v) is 12.9. The number of aromatic nitrogens is 3. The van der Waals surface area contributed by atoms with E-state index in [9.17, 15) is 31.2 Å². The van der Waals surface area contributed by atoms with E-state index in [4.69, 9.17) is 27.5 Å². The Morgan fingerprint density at radius 1 is 0.984 bits per heavy atom. The molecule has 3 aromatic heterocycles. The Kier molecular flexibility index (Phi) is 8.34. The van der Waals surface area contributed by atoms with Crippen LogP contribution in [0.5, 0.6) is 11.5 Å². The normalized spacial score (nSPS) is 20.5. The van der Waals surface area contributed by atoms with Crippen molar-refractivity contribution >= 4 is 38.7 Å². The number of anilines is 1. The van der Waals surface area contributed by atoms with Crippen LogP contribution in [0, 0.1) is 5.92 Å². The second-order valence-corrected chi connectivity index (χ2v) is 17.5. The maximum Gasteiger partial charge on any atom is 0.534 e. The Bertz CT molecular complexity index is 3160. The molecule has 63 heavy (non-hydrogen) atoms. The molecule has 320 valence electrons. The quantitative estimate of drug-likeness (QED) is 0.0934. The number of hydrogen-bond acceptors (Lipinski definition) is 12. The number of alkyl halides is 3. The molecular formula is C44H33F3N6O9S. The SMILES string of the molecule is CC(C)[C@@H]1NC(=O)[C@@H](NC(=O)OCc2ccccc2)Cc2ccc3c(c2)[C@]24c5cccc(c5NC2O3)-c2ccc(OS(=O)(=O)C(F)(F)F)c3[nH]cc(c23)-c2cnc(o2)-c2nc1oc24. The van der Waals surface area contributed by atoms with Crippen molar-refractivity contribution in [2.45, 2.75) is 56.1 Å². The molecule has 0 fully saturated rings. The lowest BCUT2D eigenvalue weighted by Crippen LogP contribution is -2.49. The summed E-state index contributed by atoms with van der Waals surface area (Å²) in [6, 6.07) is 20.9. The lowest BCUT2D eigenvalue weighted by Gasteiger charge is -2.28. The predicted octanol–water partition coefficient (Wildman–Crippen LogP) is 7.83. The number of halogens is 3. The Balaban J connectivity index is 1.12. The second kappa shape index (κ2) is 13.6. The number of aromatic amines is 1. The average molecular weight is 879 g/mol. The first kappa shape index (κ1) is 38.6. The maximum absolute atomic E-state index is 14.3. The zero-order valence-corrected chi connectivity index (χ0v) is 33.8. The Morgan fingerprint density at radius 2 is 1.81 bits per heavy atom. The molecule has 1 spiro atoms. The first-order valence-electron chi connectivity index (χ1n) is 19.8. The number of rotatable bonds is 6. The number of hydrogen-bond donors (Lipinski definition) is 4. The summed E-state index contributed by atoms with van der Waals surface area (Å²) in [4.78, 5) is 40.2. The molecule has 4 aliphatic rings. The molecule has 7 heterocycles. The molecule has 4 aromatic carbocycles. The highest BCUT2D eigenvalue weighted by molar-refractivity contribution is 7.88. The van der Waals surface area contributed by atoms with Crippen LogP contribution in [-0.4, -0.2) is 53.1 Å². The van der Waals surface area contributed by atoms with E-state index < -0.39 is 57.1 Å². The topological polar surface area (TPSA) is 200 Å². The number of benzene rings is 4. The van der Waals surface area contributed by atoms with E-state index in [2.05, 4.69) is 25.9 Å². The first-order valence-corrected chi connectivity index (χ1v) is 21.2. The highest BCUT2D eigenvalue weighted by atomic mass is 32.2. The van der Waals surface area contributed by atoms with E-state index in [0.29, 0.717) is 50.6 Å². The van der Waals surface area contributed by atoms with Gasteiger partial charge in [0, 0.05) is 45.9 Å². The third kappa shape index (κ3) is 5.82. The number of nitrogens with zero attached hydrogens (tertiary/aromatic N) is 2. The molecule has 0 aliphatic carbocycles. The molecule has 4 atom stereocenters. The molecule has 0 saturated heterocycles. The fraction of sp³-hybridized carbons (Fsp3) is 0.227. The van der Waals surface area contributed by atoms with Crippen LogP contribution < -0.4 is 24.9 Å². The van der Waals surface area contributed by atoms with Gasteiger partial charge in [-0.15, -0.1) is 0 Å². The molecule has 1 unspecified atom stereocenters. The van der Waals surface area contributed by atoms with Gasteiger partial charge in [-0.1, -0.05) is 74.5 Å². The van der Waals surface area contributed by atoms with Gasteiger partial charge in [-0.05, 0) is 40.8 Å². The summed E-state index contributed by atoms with van der Waals surface area (Å²) in [6.45, 7) is 3.76. The highest BCUT2D eigenvalue weighted by Gasteiger charge is 2.62. The van der Waals surface area contributed by atoms with E-state index >= 15 is 0 Å². The number of nitrogens with one attached hydrogen (secondary N) is 4. The summed E-state index contributed by atoms with van der Waals surface area (Å²) in [7, 11) is -6.05. The van der Waals surface area contributed by atoms with Crippen LogP contribution in [-0.2, 0) is 38.1 Å². The van der Waals surface area contributed by atoms with E-state index in [-0.39, 0.29) is 53.1 Å². The molecule has 11 rings (SSSR count). The third-order valence-electron chi connectivity index (χ3n) is 11.9. The van der Waals surface area contributed by atoms with Gasteiger partial charge in [-0.25, -0.2) is 14.8 Å². The van der Waals surface area contributed by atoms with Gasteiger partial charge in [0.15, 0.2) is 29.2 Å². The monoisotopic (exact) mass is 878 g/mol. The second-order valence-electron chi connectivity index (χ2n) is 16.0. The summed E-state index contributed by atoms with van der Waals surface area (Å²) >= 11 is 0. The number of carbonyl (C=O) groups excluding carboxylic acids is 2. The van der Waals surface area contributed by atoms with Gasteiger partial charge in [0.2, 0.25) is 17.7 Å². The molecule has 0 saturated carbocycles. The molecule has 4 N–H and O–H groups in total. The van der Waals surface area contributed by atoms with E-state index in [0.717, 1.165) is 11.6 Å². The van der Waals surface area contributed by atoms with Crippen molar-refractivity contribution < 1.29 is 53.7 Å². The van der Waals surface area contributed by atoms with E-state index in [1.165, 1.54) is 18.5 Å². The summed E-state index contributed by atoms with van der Waals surface area (Å²) in [5.74, 6) is -0.327. The van der Waals surface area contributed by atoms with Gasteiger partial charge < -0.3 is 43.4 Å². The summed E-state index contributed by atoms with van der Waals surface area (Å²) in [6.07, 6.45) is 1.26. The number of oxazole rings is 2. The van der Waals surface area contributed by atoms with Gasteiger partial charge in [-0.2, -0.15) is 21.6 Å². The zero-order chi connectivity index (χ0) is 43.6. The van der Waals surface area contributed by atoms with Gasteiger partial charge >= 0.3 is 21.7 Å². The van der Waals surface area contributed by atoms with Crippen molar-refractivity contribution in [3.8, 4) is 45.5 Å². The molecule has 7 aromatic rings. The Hall–Kier alpha value is -7.28. The maximum atomic E-state index is 14.3. The molecule has 0 radical (unpaired) electrons. The van der Waals surface area contributed by atoms with Crippen LogP contribution in [0.1, 0.15) is 53.8 Å². The van der Waals surface area contributed by atoms with Crippen LogP contribution >= 0.6 is 0 Å². The minimum absolute atomic E-state index is 0.00488. The fourth-order valence-corrected chi connectivity index (χ4v) is 9.51. The fourth-order valence-electron chi connectivity index (χ4n) is 9.04. The standard InChI is InChI=1S/C44H33F3N6O9S/c1-20(2)33-40-52-36-37(61-40)43-26-10-6-9-24(23-12-14-30(62-63(56,57)44(45,46)47)35-32(23)25(17-48-35)31-18-49-39(36)59-31)34(26)53-41(43)60-29-13-11-22(15-27(29)43)16-28(38(54)51-33)50-42(55)58-19-21-7-4-3-5-8-21/h3-15,17-18,20,28,33,41,48,53H,16,19H2,1-2H3,(H,50,55)(H,51,54)/t28-,33-,41?,43-/m0/s1. The summed E-state index contributed by atoms with van der Waals surface area (Å²) < 4.78 is 95.7. The molecule has 10 bridgehead atoms. The predicted molar refractivity (Wildman–Crippen MR) is 218 cm³/mol. The highest BCUT2D eigenvalue weighted by Crippen LogP contribution is 2.61. The Labute approximate surface area is 355 Å². The van der Waals surface area contributed by atoms with Crippen LogP contribution in [0.2, 0.25) is 0 Å². The van der Waals surface area contributed by atoms with Crippen molar-refractivity contribution in [1.29, 1.82) is 0 Å². The smallest absolute Gasteiger partial charge is 0.469 e. The number of carbonyl (C=O) groups is 2. The van der Waals surface area contributed by atoms with Crippen LogP contribution in [0.25, 0.3) is 44.9 Å². The molecule has 19 heteroatoms. The molecular weight excluding hydrogens is 846 g/mol. The van der Waals surface area contributed by atoms with Crippen LogP contribution in [0.4, 0.5) is 23.7 Å². The van der Waals surface area contributed by atoms with E-state index in [1.54, 1.807) is 6.07 Å². The van der Waals surface area contributed by atoms with Crippen molar-refractivity contribution in [2.75, 3.05) is 5.32 Å². The summed E-state index contributed by atoms with van der Waals surface area (Å²) in [5, 5.41) is 9.69. The van der Waals surface area contributed by atoms with Crippen LogP contribution in [0.15, 0.2) is 100 Å². The molecule has 4 aliphatic heterocycles. The average Bonchev–Trinajstić information content (AvgIpc) is 4.08. The number of fused-ring (bicyclic) bond motifs is 7. The molecule has 15 nitrogen and oxygen atoms in total. The minimum Gasteiger partial charge on any atom is -0.469 e. The number of alkyl carbamates (subject to hydrolysis) is 1. The van der Waals surface area contributed by atoms with Gasteiger partial charge in [0.1, 0.15) is 29.9 Å². The van der Waals surface area contributed by atoms with Gasteiger partial charge in [0.25, 0.3) is 0 Å². The van der Waals surface area contributed by atoms with Crippen molar-refractivity contribution in [2.24, 2.45) is 5.92 Å². The number of amides is 2. The lowest BCUT2D eigenvalue weighted by atomic mass is 9.72. The van der Waals surface area contributed by atoms with Crippen molar-refractivity contribution in [1.82, 2.24) is 25.6 Å². The number of H-pyrrole nitrogens is 1. The zero-order valence-electron chi connectivity index (χ0n) is 33.0. The van der Waals surface area contributed by atoms with Gasteiger partial charge in [-0.3, -0.25) is 4.79 Å². The van der Waals surface area contributed by atoms with Gasteiger partial charge in [0.05, 0.1) is 11.7 Å². The van der Waals surface area contributed by atoms with E-state index in [1.807, 2.05) is 74.5 Å². The Morgan fingerprint density at radius 3 is 2.60 bits per heavy atom. The van der Waals surface area contributed by atoms with Crippen molar-refractivity contribution in [3.63, 3.8) is 0 Å². The summed E-state index contributed by atoms with van der Waals surface area (Å²) in [5.41, 5.74) is -2.15. The largest absolute Gasteiger partial charge is 0.534 e. The lowest BCUT2D eigenvalue weighted by molar-refractivity contribution is -0.124. The van der Waals surface area contributed by atoms with Crippen LogP contribution in [0.3, 0.4) is 0 Å².